The van der Waals surface area contributed by atoms with Crippen LogP contribution >= 0.6 is 0 Å². The van der Waals surface area contributed by atoms with Crippen LogP contribution in [0, 0.1) is 11.3 Å². The summed E-state index contributed by atoms with van der Waals surface area (Å²) in [7, 11) is 0. The molecule has 19 heavy (non-hydrogen) atoms. The van der Waals surface area contributed by atoms with Crippen LogP contribution in [0.25, 0.3) is 0 Å². The van der Waals surface area contributed by atoms with Crippen LogP contribution in [0.3, 0.4) is 0 Å². The van der Waals surface area contributed by atoms with E-state index in [1.54, 1.807) is 13.8 Å². The van der Waals surface area contributed by atoms with E-state index in [0.29, 0.717) is 6.54 Å². The van der Waals surface area contributed by atoms with Crippen LogP contribution in [0.4, 0.5) is 4.79 Å². The fourth-order valence-corrected chi connectivity index (χ4v) is 2.89. The lowest BCUT2D eigenvalue weighted by atomic mass is 9.88. The van der Waals surface area contributed by atoms with Crippen molar-refractivity contribution in [2.24, 2.45) is 11.3 Å². The summed E-state index contributed by atoms with van der Waals surface area (Å²) in [5.74, 6) is -0.139. The van der Waals surface area contributed by atoms with Crippen molar-refractivity contribution in [3.05, 3.63) is 0 Å². The first kappa shape index (κ1) is 14.0. The summed E-state index contributed by atoms with van der Waals surface area (Å²) in [5, 5.41) is 2.26. The summed E-state index contributed by atoms with van der Waals surface area (Å²) in [6, 6.07) is -0.569. The predicted molar refractivity (Wildman–Crippen MR) is 70.2 cm³/mol. The van der Waals surface area contributed by atoms with Crippen molar-refractivity contribution in [1.29, 1.82) is 0 Å². The SMILES string of the molecule is CC1(C)C(=O)NC(=O)N(CCCC2CCCC2)C1=O. The molecule has 1 aliphatic heterocycles. The summed E-state index contributed by atoms with van der Waals surface area (Å²) >= 11 is 0. The standard InChI is InChI=1S/C14H22N2O3/c1-14(2)11(17)15-13(19)16(12(14)18)9-5-8-10-6-3-4-7-10/h10H,3-9H2,1-2H3,(H,15,17,19). The van der Waals surface area contributed by atoms with E-state index < -0.39 is 17.4 Å². The molecule has 0 aromatic rings. The molecule has 0 radical (unpaired) electrons. The lowest BCUT2D eigenvalue weighted by Gasteiger charge is -2.34. The molecule has 1 N–H and O–H groups in total. The molecule has 1 aliphatic carbocycles. The van der Waals surface area contributed by atoms with E-state index in [0.717, 1.165) is 18.8 Å². The van der Waals surface area contributed by atoms with E-state index in [2.05, 4.69) is 5.32 Å². The van der Waals surface area contributed by atoms with E-state index in [4.69, 9.17) is 0 Å². The van der Waals surface area contributed by atoms with E-state index in [1.165, 1.54) is 30.6 Å². The van der Waals surface area contributed by atoms with Gasteiger partial charge in [-0.15, -0.1) is 0 Å². The lowest BCUT2D eigenvalue weighted by molar-refractivity contribution is -0.149. The van der Waals surface area contributed by atoms with Crippen molar-refractivity contribution >= 4 is 17.8 Å². The molecule has 4 amide bonds. The van der Waals surface area contributed by atoms with Gasteiger partial charge in [0.1, 0.15) is 5.41 Å². The first-order chi connectivity index (χ1) is 8.93. The van der Waals surface area contributed by atoms with E-state index in [1.807, 2.05) is 0 Å². The van der Waals surface area contributed by atoms with Gasteiger partial charge >= 0.3 is 6.03 Å². The molecule has 0 aromatic heterocycles. The number of carbonyl (C=O) groups is 3. The van der Waals surface area contributed by atoms with Crippen LogP contribution in [0.1, 0.15) is 52.4 Å². The number of hydrogen-bond acceptors (Lipinski definition) is 3. The zero-order valence-corrected chi connectivity index (χ0v) is 11.7. The molecular formula is C14H22N2O3. The molecule has 1 saturated heterocycles. The number of carbonyl (C=O) groups excluding carboxylic acids is 3. The fourth-order valence-electron chi connectivity index (χ4n) is 2.89. The monoisotopic (exact) mass is 266 g/mol. The number of rotatable bonds is 4. The van der Waals surface area contributed by atoms with Gasteiger partial charge in [-0.25, -0.2) is 4.79 Å². The summed E-state index contributed by atoms with van der Waals surface area (Å²) in [4.78, 5) is 36.6. The van der Waals surface area contributed by atoms with Crippen LogP contribution in [-0.4, -0.2) is 29.3 Å². The molecule has 0 atom stereocenters. The molecule has 0 aromatic carbocycles. The second kappa shape index (κ2) is 5.31. The van der Waals surface area contributed by atoms with Crippen LogP contribution in [-0.2, 0) is 9.59 Å². The van der Waals surface area contributed by atoms with Crippen LogP contribution < -0.4 is 5.32 Å². The third kappa shape index (κ3) is 2.80. The molecule has 0 unspecified atom stereocenters. The van der Waals surface area contributed by atoms with Crippen molar-refractivity contribution in [2.75, 3.05) is 6.54 Å². The quantitative estimate of drug-likeness (QED) is 0.792. The van der Waals surface area contributed by atoms with Crippen molar-refractivity contribution < 1.29 is 14.4 Å². The highest BCUT2D eigenvalue weighted by molar-refractivity contribution is 6.18. The first-order valence-electron chi connectivity index (χ1n) is 7.10. The summed E-state index contributed by atoms with van der Waals surface area (Å²) in [6.45, 7) is 3.53. The average molecular weight is 266 g/mol. The highest BCUT2D eigenvalue weighted by atomic mass is 16.2. The molecule has 2 fully saturated rings. The molecular weight excluding hydrogens is 244 g/mol. The Kier molecular flexibility index (Phi) is 3.92. The van der Waals surface area contributed by atoms with Crippen LogP contribution in [0.2, 0.25) is 0 Å². The normalized spacial score (nSPS) is 23.9. The Labute approximate surface area is 113 Å². The largest absolute Gasteiger partial charge is 0.330 e. The van der Waals surface area contributed by atoms with Gasteiger partial charge in [0.2, 0.25) is 11.8 Å². The number of hydrogen-bond donors (Lipinski definition) is 1. The van der Waals surface area contributed by atoms with E-state index in [-0.39, 0.29) is 5.91 Å². The average Bonchev–Trinajstić information content (AvgIpc) is 2.85. The van der Waals surface area contributed by atoms with E-state index >= 15 is 0 Å². The minimum Gasteiger partial charge on any atom is -0.277 e. The molecule has 0 bridgehead atoms. The Morgan fingerprint density at radius 1 is 1.21 bits per heavy atom. The number of barbiturate groups is 1. The minimum absolute atomic E-state index is 0.382. The Hall–Kier alpha value is -1.39. The molecule has 5 nitrogen and oxygen atoms in total. The van der Waals surface area contributed by atoms with Crippen LogP contribution in [0.5, 0.6) is 0 Å². The Balaban J connectivity index is 1.89. The van der Waals surface area contributed by atoms with Crippen LogP contribution in [0.15, 0.2) is 0 Å². The highest BCUT2D eigenvalue weighted by Crippen LogP contribution is 2.29. The Morgan fingerprint density at radius 2 is 1.84 bits per heavy atom. The smallest absolute Gasteiger partial charge is 0.277 e. The van der Waals surface area contributed by atoms with Gasteiger partial charge in [0.05, 0.1) is 0 Å². The molecule has 106 valence electrons. The molecule has 1 heterocycles. The third-order valence-electron chi connectivity index (χ3n) is 4.28. The van der Waals surface area contributed by atoms with E-state index in [9.17, 15) is 14.4 Å². The number of nitrogens with zero attached hydrogens (tertiary/aromatic N) is 1. The Morgan fingerprint density at radius 3 is 2.47 bits per heavy atom. The summed E-state index contributed by atoms with van der Waals surface area (Å²) in [6.07, 6.45) is 7.03. The number of urea groups is 1. The third-order valence-corrected chi connectivity index (χ3v) is 4.28. The first-order valence-corrected chi connectivity index (χ1v) is 7.10. The second-order valence-corrected chi connectivity index (χ2v) is 6.13. The van der Waals surface area contributed by atoms with Gasteiger partial charge in [0.25, 0.3) is 0 Å². The highest BCUT2D eigenvalue weighted by Gasteiger charge is 2.46. The van der Waals surface area contributed by atoms with Gasteiger partial charge in [-0.2, -0.15) is 0 Å². The van der Waals surface area contributed by atoms with Gasteiger partial charge in [-0.1, -0.05) is 25.7 Å². The lowest BCUT2D eigenvalue weighted by Crippen LogP contribution is -2.61. The van der Waals surface area contributed by atoms with Gasteiger partial charge < -0.3 is 0 Å². The zero-order valence-electron chi connectivity index (χ0n) is 11.7. The maximum absolute atomic E-state index is 12.1. The molecule has 2 rings (SSSR count). The van der Waals surface area contributed by atoms with Gasteiger partial charge in [-0.05, 0) is 32.6 Å². The van der Waals surface area contributed by atoms with Crippen molar-refractivity contribution in [3.63, 3.8) is 0 Å². The second-order valence-electron chi connectivity index (χ2n) is 6.13. The van der Waals surface area contributed by atoms with Crippen molar-refractivity contribution in [2.45, 2.75) is 52.4 Å². The maximum Gasteiger partial charge on any atom is 0.330 e. The fraction of sp³-hybridized carbons (Fsp3) is 0.786. The topological polar surface area (TPSA) is 66.5 Å². The molecule has 5 heteroatoms. The maximum atomic E-state index is 12.1. The summed E-state index contributed by atoms with van der Waals surface area (Å²) < 4.78 is 0. The summed E-state index contributed by atoms with van der Waals surface area (Å²) in [5.41, 5.74) is -1.14. The zero-order chi connectivity index (χ0) is 14.0. The molecule has 1 saturated carbocycles. The number of amides is 4. The molecule has 0 spiro atoms. The van der Waals surface area contributed by atoms with Crippen molar-refractivity contribution in [3.8, 4) is 0 Å². The molecule has 2 aliphatic rings. The number of imide groups is 2. The van der Waals surface area contributed by atoms with Gasteiger partial charge in [0, 0.05) is 6.54 Å². The van der Waals surface area contributed by atoms with Gasteiger partial charge in [0.15, 0.2) is 0 Å². The van der Waals surface area contributed by atoms with Gasteiger partial charge in [-0.3, -0.25) is 19.8 Å². The predicted octanol–water partition coefficient (Wildman–Crippen LogP) is 2.06. The van der Waals surface area contributed by atoms with Crippen molar-refractivity contribution in [1.82, 2.24) is 10.2 Å². The number of nitrogens with one attached hydrogen (secondary N) is 1. The Bertz CT molecular complexity index is 397. The minimum atomic E-state index is -1.14.